The van der Waals surface area contributed by atoms with Gasteiger partial charge in [-0.1, -0.05) is 0 Å². The van der Waals surface area contributed by atoms with Crippen LogP contribution in [0, 0.1) is 6.92 Å². The van der Waals surface area contributed by atoms with Gasteiger partial charge in [0.05, 0.1) is 6.20 Å². The van der Waals surface area contributed by atoms with Crippen molar-refractivity contribution < 1.29 is 4.79 Å². The van der Waals surface area contributed by atoms with Crippen LogP contribution in [-0.4, -0.2) is 20.8 Å². The second-order valence-electron chi connectivity index (χ2n) is 3.20. The van der Waals surface area contributed by atoms with E-state index in [4.69, 9.17) is 12.2 Å². The molecule has 1 amide bonds. The summed E-state index contributed by atoms with van der Waals surface area (Å²) in [6.07, 6.45) is 1.68. The van der Waals surface area contributed by atoms with Crippen LogP contribution in [0.15, 0.2) is 6.20 Å². The summed E-state index contributed by atoms with van der Waals surface area (Å²) < 4.78 is 1.73. The highest BCUT2D eigenvalue weighted by Gasteiger charge is 2.30. The zero-order chi connectivity index (χ0) is 10.3. The van der Waals surface area contributed by atoms with E-state index in [9.17, 15) is 4.79 Å². The third-order valence-electron chi connectivity index (χ3n) is 2.36. The third kappa shape index (κ3) is 1.27. The van der Waals surface area contributed by atoms with E-state index in [0.717, 1.165) is 11.3 Å². The Labute approximate surface area is 86.5 Å². The van der Waals surface area contributed by atoms with Crippen LogP contribution in [0.2, 0.25) is 0 Å². The Balaban J connectivity index is 2.36. The summed E-state index contributed by atoms with van der Waals surface area (Å²) in [6.45, 7) is 1.92. The molecule has 1 fully saturated rings. The molecule has 0 aromatic carbocycles. The van der Waals surface area contributed by atoms with Gasteiger partial charge in [0, 0.05) is 18.3 Å². The van der Waals surface area contributed by atoms with Gasteiger partial charge in [-0.3, -0.25) is 9.48 Å². The average molecular weight is 210 g/mol. The Bertz CT molecular complexity index is 411. The van der Waals surface area contributed by atoms with Crippen LogP contribution >= 0.6 is 12.2 Å². The lowest BCUT2D eigenvalue weighted by Gasteiger charge is -2.06. The van der Waals surface area contributed by atoms with E-state index in [0.29, 0.717) is 5.11 Å². The first kappa shape index (κ1) is 9.14. The minimum Gasteiger partial charge on any atom is -0.347 e. The summed E-state index contributed by atoms with van der Waals surface area (Å²) in [4.78, 5) is 11.4. The van der Waals surface area contributed by atoms with Crippen molar-refractivity contribution in [1.82, 2.24) is 20.4 Å². The summed E-state index contributed by atoms with van der Waals surface area (Å²) >= 11 is 4.85. The molecule has 0 radical (unpaired) electrons. The summed E-state index contributed by atoms with van der Waals surface area (Å²) in [5.41, 5.74) is 1.83. The molecule has 14 heavy (non-hydrogen) atoms. The fourth-order valence-corrected chi connectivity index (χ4v) is 1.65. The molecule has 0 spiro atoms. The van der Waals surface area contributed by atoms with Crippen molar-refractivity contribution in [2.75, 3.05) is 0 Å². The van der Waals surface area contributed by atoms with Crippen molar-refractivity contribution in [1.29, 1.82) is 0 Å². The SMILES string of the molecule is Cc1c(C2NC(=S)NC2=O)cnn1C. The highest BCUT2D eigenvalue weighted by atomic mass is 32.1. The highest BCUT2D eigenvalue weighted by molar-refractivity contribution is 7.80. The maximum absolute atomic E-state index is 11.4. The van der Waals surface area contributed by atoms with Gasteiger partial charge < -0.3 is 10.6 Å². The first-order valence-electron chi connectivity index (χ1n) is 4.19. The van der Waals surface area contributed by atoms with Crippen LogP contribution in [0.5, 0.6) is 0 Å². The quantitative estimate of drug-likeness (QED) is 0.629. The molecule has 1 saturated heterocycles. The second kappa shape index (κ2) is 3.06. The topological polar surface area (TPSA) is 58.9 Å². The molecule has 1 unspecified atom stereocenters. The van der Waals surface area contributed by atoms with Crippen molar-refractivity contribution >= 4 is 23.2 Å². The van der Waals surface area contributed by atoms with Crippen LogP contribution in [-0.2, 0) is 11.8 Å². The van der Waals surface area contributed by atoms with E-state index in [1.54, 1.807) is 10.9 Å². The largest absolute Gasteiger partial charge is 0.347 e. The number of carbonyl (C=O) groups excluding carboxylic acids is 1. The van der Waals surface area contributed by atoms with E-state index in [2.05, 4.69) is 15.7 Å². The fraction of sp³-hybridized carbons (Fsp3) is 0.375. The highest BCUT2D eigenvalue weighted by Crippen LogP contribution is 2.19. The Morgan fingerprint density at radius 2 is 2.36 bits per heavy atom. The van der Waals surface area contributed by atoms with Gasteiger partial charge in [-0.25, -0.2) is 0 Å². The standard InChI is InChI=1S/C8H10N4OS/c1-4-5(3-9-12(4)2)6-7(13)11-8(14)10-6/h3,6H,1-2H3,(H2,10,11,13,14). The molecule has 0 aliphatic carbocycles. The van der Waals surface area contributed by atoms with Gasteiger partial charge >= 0.3 is 0 Å². The zero-order valence-corrected chi connectivity index (χ0v) is 8.68. The van der Waals surface area contributed by atoms with Gasteiger partial charge in [0.25, 0.3) is 5.91 Å². The van der Waals surface area contributed by atoms with Gasteiger partial charge in [0.1, 0.15) is 6.04 Å². The number of amides is 1. The molecule has 6 heteroatoms. The van der Waals surface area contributed by atoms with Crippen LogP contribution in [0.1, 0.15) is 17.3 Å². The number of aryl methyl sites for hydroxylation is 1. The van der Waals surface area contributed by atoms with Crippen molar-refractivity contribution in [3.8, 4) is 0 Å². The zero-order valence-electron chi connectivity index (χ0n) is 7.87. The molecule has 1 aliphatic rings. The van der Waals surface area contributed by atoms with Crippen LogP contribution < -0.4 is 10.6 Å². The van der Waals surface area contributed by atoms with Gasteiger partial charge in [0.15, 0.2) is 5.11 Å². The number of thiocarbonyl (C=S) groups is 1. The van der Waals surface area contributed by atoms with E-state index >= 15 is 0 Å². The van der Waals surface area contributed by atoms with Crippen molar-refractivity contribution in [3.63, 3.8) is 0 Å². The smallest absolute Gasteiger partial charge is 0.253 e. The Morgan fingerprint density at radius 1 is 1.64 bits per heavy atom. The summed E-state index contributed by atoms with van der Waals surface area (Å²) in [5, 5.41) is 9.89. The van der Waals surface area contributed by atoms with Crippen molar-refractivity contribution in [2.24, 2.45) is 7.05 Å². The molecule has 2 N–H and O–H groups in total. The molecule has 0 saturated carbocycles. The molecule has 2 rings (SSSR count). The lowest BCUT2D eigenvalue weighted by Crippen LogP contribution is -2.21. The van der Waals surface area contributed by atoms with Crippen LogP contribution in [0.25, 0.3) is 0 Å². The van der Waals surface area contributed by atoms with Gasteiger partial charge in [-0.2, -0.15) is 5.10 Å². The van der Waals surface area contributed by atoms with E-state index in [1.807, 2.05) is 14.0 Å². The summed E-state index contributed by atoms with van der Waals surface area (Å²) in [5.74, 6) is -0.119. The maximum atomic E-state index is 11.4. The first-order valence-corrected chi connectivity index (χ1v) is 4.60. The Kier molecular flexibility index (Phi) is 1.99. The molecule has 1 aromatic rings. The predicted molar refractivity (Wildman–Crippen MR) is 54.6 cm³/mol. The average Bonchev–Trinajstić information content (AvgIpc) is 2.59. The minimum atomic E-state index is -0.392. The minimum absolute atomic E-state index is 0.119. The number of nitrogens with zero attached hydrogens (tertiary/aromatic N) is 2. The molecule has 1 aromatic heterocycles. The van der Waals surface area contributed by atoms with E-state index in [1.165, 1.54) is 0 Å². The maximum Gasteiger partial charge on any atom is 0.253 e. The third-order valence-corrected chi connectivity index (χ3v) is 2.58. The molecular weight excluding hydrogens is 200 g/mol. The molecule has 74 valence electrons. The lowest BCUT2D eigenvalue weighted by atomic mass is 10.1. The number of aromatic nitrogens is 2. The van der Waals surface area contributed by atoms with Crippen LogP contribution in [0.3, 0.4) is 0 Å². The predicted octanol–water partition coefficient (Wildman–Crippen LogP) is -0.226. The van der Waals surface area contributed by atoms with Crippen LogP contribution in [0.4, 0.5) is 0 Å². The summed E-state index contributed by atoms with van der Waals surface area (Å²) in [7, 11) is 1.84. The number of nitrogens with one attached hydrogen (secondary N) is 2. The number of hydrogen-bond acceptors (Lipinski definition) is 3. The Hall–Kier alpha value is -1.43. The van der Waals surface area contributed by atoms with E-state index < -0.39 is 6.04 Å². The first-order chi connectivity index (χ1) is 6.59. The van der Waals surface area contributed by atoms with Crippen molar-refractivity contribution in [2.45, 2.75) is 13.0 Å². The Morgan fingerprint density at radius 3 is 2.79 bits per heavy atom. The lowest BCUT2D eigenvalue weighted by molar-refractivity contribution is -0.120. The van der Waals surface area contributed by atoms with Crippen molar-refractivity contribution in [3.05, 3.63) is 17.5 Å². The molecule has 0 bridgehead atoms. The fourth-order valence-electron chi connectivity index (χ4n) is 1.43. The monoisotopic (exact) mass is 210 g/mol. The molecule has 2 heterocycles. The molecule has 5 nitrogen and oxygen atoms in total. The molecular formula is C8H10N4OS. The summed E-state index contributed by atoms with van der Waals surface area (Å²) in [6, 6.07) is -0.392. The number of rotatable bonds is 1. The number of carbonyl (C=O) groups is 1. The normalized spacial score (nSPS) is 20.9. The molecule has 1 aliphatic heterocycles. The molecule has 1 atom stereocenters. The second-order valence-corrected chi connectivity index (χ2v) is 3.61. The van der Waals surface area contributed by atoms with Gasteiger partial charge in [-0.05, 0) is 19.1 Å². The van der Waals surface area contributed by atoms with Gasteiger partial charge in [0.2, 0.25) is 0 Å². The number of hydrogen-bond donors (Lipinski definition) is 2. The van der Waals surface area contributed by atoms with Gasteiger partial charge in [-0.15, -0.1) is 0 Å². The van der Waals surface area contributed by atoms with E-state index in [-0.39, 0.29) is 5.91 Å².